The van der Waals surface area contributed by atoms with Crippen LogP contribution < -0.4 is 5.32 Å². The van der Waals surface area contributed by atoms with Gasteiger partial charge in [-0.1, -0.05) is 32.3 Å². The van der Waals surface area contributed by atoms with E-state index < -0.39 is 0 Å². The third-order valence-corrected chi connectivity index (χ3v) is 4.35. The maximum Gasteiger partial charge on any atom is 0.255 e. The van der Waals surface area contributed by atoms with Gasteiger partial charge in [0.2, 0.25) is 0 Å². The van der Waals surface area contributed by atoms with E-state index in [-0.39, 0.29) is 23.0 Å². The molecule has 1 fully saturated rings. The summed E-state index contributed by atoms with van der Waals surface area (Å²) in [6.45, 7) is 2.88. The van der Waals surface area contributed by atoms with Crippen molar-refractivity contribution in [1.82, 2.24) is 5.32 Å². The smallest absolute Gasteiger partial charge is 0.255 e. The van der Waals surface area contributed by atoms with E-state index in [9.17, 15) is 15.0 Å². The number of phenols is 2. The van der Waals surface area contributed by atoms with Crippen molar-refractivity contribution in [2.45, 2.75) is 39.0 Å². The van der Waals surface area contributed by atoms with Crippen LogP contribution in [0.5, 0.6) is 11.5 Å². The van der Waals surface area contributed by atoms with Crippen LogP contribution in [-0.2, 0) is 0 Å². The number of hydrogen-bond donors (Lipinski definition) is 3. The zero-order valence-corrected chi connectivity index (χ0v) is 11.9. The first kappa shape index (κ1) is 14.7. The summed E-state index contributed by atoms with van der Waals surface area (Å²) in [5, 5.41) is 21.9. The maximum atomic E-state index is 12.0. The number of hydrogen-bond acceptors (Lipinski definition) is 3. The second-order valence-electron chi connectivity index (χ2n) is 5.68. The van der Waals surface area contributed by atoms with E-state index in [0.717, 1.165) is 18.8 Å². The summed E-state index contributed by atoms with van der Waals surface area (Å²) >= 11 is 0. The molecule has 1 aliphatic carbocycles. The molecule has 1 aromatic rings. The number of amides is 1. The Hall–Kier alpha value is -1.71. The summed E-state index contributed by atoms with van der Waals surface area (Å²) in [7, 11) is 0. The Morgan fingerprint density at radius 3 is 2.50 bits per heavy atom. The zero-order chi connectivity index (χ0) is 14.5. The van der Waals surface area contributed by atoms with Gasteiger partial charge in [0.25, 0.3) is 5.91 Å². The Labute approximate surface area is 119 Å². The fourth-order valence-electron chi connectivity index (χ4n) is 2.89. The Bertz CT molecular complexity index is 465. The van der Waals surface area contributed by atoms with Gasteiger partial charge in [-0.25, -0.2) is 0 Å². The van der Waals surface area contributed by atoms with E-state index in [1.807, 2.05) is 0 Å². The topological polar surface area (TPSA) is 69.6 Å². The second-order valence-corrected chi connectivity index (χ2v) is 5.68. The van der Waals surface area contributed by atoms with E-state index >= 15 is 0 Å². The molecule has 1 amide bonds. The highest BCUT2D eigenvalue weighted by Gasteiger charge is 2.21. The average molecular weight is 277 g/mol. The summed E-state index contributed by atoms with van der Waals surface area (Å²) in [5.41, 5.74) is 0.132. The molecule has 0 radical (unpaired) electrons. The minimum atomic E-state index is -0.348. The molecular weight excluding hydrogens is 254 g/mol. The van der Waals surface area contributed by atoms with E-state index in [1.165, 1.54) is 31.4 Å². The van der Waals surface area contributed by atoms with Gasteiger partial charge in [-0.3, -0.25) is 4.79 Å². The van der Waals surface area contributed by atoms with Gasteiger partial charge < -0.3 is 15.5 Å². The lowest BCUT2D eigenvalue weighted by molar-refractivity contribution is 0.0938. The first-order valence-corrected chi connectivity index (χ1v) is 7.41. The van der Waals surface area contributed by atoms with Gasteiger partial charge in [-0.2, -0.15) is 0 Å². The van der Waals surface area contributed by atoms with E-state index in [0.29, 0.717) is 12.5 Å². The third-order valence-electron chi connectivity index (χ3n) is 4.35. The van der Waals surface area contributed by atoms with E-state index in [4.69, 9.17) is 0 Å². The van der Waals surface area contributed by atoms with Crippen LogP contribution in [0.2, 0.25) is 0 Å². The minimum absolute atomic E-state index is 0.132. The third kappa shape index (κ3) is 3.44. The largest absolute Gasteiger partial charge is 0.504 e. The van der Waals surface area contributed by atoms with E-state index in [1.54, 1.807) is 6.07 Å². The highest BCUT2D eigenvalue weighted by atomic mass is 16.3. The number of para-hydroxylation sites is 1. The predicted octanol–water partition coefficient (Wildman–Crippen LogP) is 3.04. The van der Waals surface area contributed by atoms with Gasteiger partial charge in [0.1, 0.15) is 0 Å². The molecule has 20 heavy (non-hydrogen) atoms. The van der Waals surface area contributed by atoms with Crippen LogP contribution in [0.4, 0.5) is 0 Å². The Morgan fingerprint density at radius 2 is 1.85 bits per heavy atom. The highest BCUT2D eigenvalue weighted by Crippen LogP contribution is 2.31. The molecule has 3 N–H and O–H groups in total. The fourth-order valence-corrected chi connectivity index (χ4v) is 2.89. The van der Waals surface area contributed by atoms with Crippen LogP contribution in [0.1, 0.15) is 49.4 Å². The van der Waals surface area contributed by atoms with Crippen LogP contribution in [-0.4, -0.2) is 22.7 Å². The van der Waals surface area contributed by atoms with E-state index in [2.05, 4.69) is 12.2 Å². The van der Waals surface area contributed by atoms with Crippen molar-refractivity contribution in [3.8, 4) is 11.5 Å². The number of rotatable bonds is 4. The molecular formula is C16H23NO3. The van der Waals surface area contributed by atoms with Crippen molar-refractivity contribution in [1.29, 1.82) is 0 Å². The van der Waals surface area contributed by atoms with Crippen LogP contribution in [0.25, 0.3) is 0 Å². The molecule has 0 aliphatic heterocycles. The molecule has 1 aromatic carbocycles. The van der Waals surface area contributed by atoms with Crippen LogP contribution in [0, 0.1) is 11.8 Å². The van der Waals surface area contributed by atoms with Crippen molar-refractivity contribution in [2.75, 3.05) is 6.54 Å². The standard InChI is InChI=1S/C16H23NO3/c1-2-11-6-8-12(9-7-11)10-17-16(20)13-4-3-5-14(18)15(13)19/h3-5,11-12,18-19H,2,6-10H2,1H3,(H,17,20). The van der Waals surface area contributed by atoms with Crippen molar-refractivity contribution < 1.29 is 15.0 Å². The Kier molecular flexibility index (Phi) is 4.88. The molecule has 0 spiro atoms. The first-order chi connectivity index (χ1) is 9.61. The van der Waals surface area contributed by atoms with Crippen molar-refractivity contribution >= 4 is 5.91 Å². The van der Waals surface area contributed by atoms with Gasteiger partial charge in [-0.05, 0) is 36.8 Å². The molecule has 1 aliphatic rings. The summed E-state index contributed by atoms with van der Waals surface area (Å²) < 4.78 is 0. The highest BCUT2D eigenvalue weighted by molar-refractivity contribution is 5.97. The number of carbonyl (C=O) groups excluding carboxylic acids is 1. The van der Waals surface area contributed by atoms with Crippen molar-refractivity contribution in [2.24, 2.45) is 11.8 Å². The van der Waals surface area contributed by atoms with Crippen molar-refractivity contribution in [3.05, 3.63) is 23.8 Å². The molecule has 4 heteroatoms. The molecule has 0 saturated heterocycles. The predicted molar refractivity (Wildman–Crippen MR) is 77.8 cm³/mol. The van der Waals surface area contributed by atoms with Gasteiger partial charge in [0.05, 0.1) is 5.56 Å². The van der Waals surface area contributed by atoms with Gasteiger partial charge in [-0.15, -0.1) is 0 Å². The molecule has 0 heterocycles. The summed E-state index contributed by atoms with van der Waals surface area (Å²) in [6, 6.07) is 4.42. The first-order valence-electron chi connectivity index (χ1n) is 7.41. The monoisotopic (exact) mass is 277 g/mol. The Balaban J connectivity index is 1.85. The molecule has 0 atom stereocenters. The zero-order valence-electron chi connectivity index (χ0n) is 11.9. The SMILES string of the molecule is CCC1CCC(CNC(=O)c2cccc(O)c2O)CC1. The molecule has 0 bridgehead atoms. The lowest BCUT2D eigenvalue weighted by atomic mass is 9.81. The number of nitrogens with one attached hydrogen (secondary N) is 1. The van der Waals surface area contributed by atoms with Gasteiger partial charge in [0.15, 0.2) is 11.5 Å². The van der Waals surface area contributed by atoms with Gasteiger partial charge in [0, 0.05) is 6.54 Å². The molecule has 1 saturated carbocycles. The van der Waals surface area contributed by atoms with Crippen LogP contribution in [0.15, 0.2) is 18.2 Å². The molecule has 4 nitrogen and oxygen atoms in total. The summed E-state index contributed by atoms with van der Waals surface area (Å²) in [6.07, 6.45) is 6.05. The van der Waals surface area contributed by atoms with Crippen LogP contribution in [0.3, 0.4) is 0 Å². The number of benzene rings is 1. The van der Waals surface area contributed by atoms with Crippen molar-refractivity contribution in [3.63, 3.8) is 0 Å². The molecule has 110 valence electrons. The Morgan fingerprint density at radius 1 is 1.20 bits per heavy atom. The lowest BCUT2D eigenvalue weighted by Gasteiger charge is -2.27. The molecule has 0 aromatic heterocycles. The minimum Gasteiger partial charge on any atom is -0.504 e. The maximum absolute atomic E-state index is 12.0. The molecule has 0 unspecified atom stereocenters. The van der Waals surface area contributed by atoms with Crippen LogP contribution >= 0.6 is 0 Å². The number of aromatic hydroxyl groups is 2. The average Bonchev–Trinajstić information content (AvgIpc) is 2.48. The fraction of sp³-hybridized carbons (Fsp3) is 0.562. The lowest BCUT2D eigenvalue weighted by Crippen LogP contribution is -2.31. The number of carbonyl (C=O) groups is 1. The normalized spacial score (nSPS) is 22.4. The summed E-state index contributed by atoms with van der Waals surface area (Å²) in [5.74, 6) is 0.440. The van der Waals surface area contributed by atoms with Gasteiger partial charge >= 0.3 is 0 Å². The quantitative estimate of drug-likeness (QED) is 0.741. The number of phenolic OH excluding ortho intramolecular Hbond substituents is 2. The summed E-state index contributed by atoms with van der Waals surface area (Å²) in [4.78, 5) is 12.0. The molecule has 2 rings (SSSR count). The second kappa shape index (κ2) is 6.64.